The highest BCUT2D eigenvalue weighted by Crippen LogP contribution is 2.52. The maximum Gasteiger partial charge on any atom is 0.308 e. The summed E-state index contributed by atoms with van der Waals surface area (Å²) in [6.45, 7) is 16.0. The first kappa shape index (κ1) is 27.3. The second-order valence-electron chi connectivity index (χ2n) is 11.9. The zero-order chi connectivity index (χ0) is 25.2. The quantitative estimate of drug-likeness (QED) is 0.480. The largest absolute Gasteiger partial charge is 0.460 e. The van der Waals surface area contributed by atoms with Crippen LogP contribution in [0.4, 0.5) is 4.39 Å². The van der Waals surface area contributed by atoms with E-state index < -0.39 is 23.8 Å². The molecule has 5 heteroatoms. The van der Waals surface area contributed by atoms with Gasteiger partial charge in [0.25, 0.3) is 0 Å². The highest BCUT2D eigenvalue weighted by atomic mass is 19.1. The van der Waals surface area contributed by atoms with Crippen LogP contribution in [-0.4, -0.2) is 34.0 Å². The van der Waals surface area contributed by atoms with Gasteiger partial charge < -0.3 is 14.9 Å². The van der Waals surface area contributed by atoms with Crippen LogP contribution in [0.15, 0.2) is 35.9 Å². The van der Waals surface area contributed by atoms with Gasteiger partial charge in [-0.15, -0.1) is 0 Å². The molecule has 0 heterocycles. The molecule has 0 fully saturated rings. The van der Waals surface area contributed by atoms with Crippen LogP contribution in [0.5, 0.6) is 0 Å². The Morgan fingerprint density at radius 2 is 1.85 bits per heavy atom. The van der Waals surface area contributed by atoms with Crippen molar-refractivity contribution in [3.8, 4) is 0 Å². The van der Waals surface area contributed by atoms with Gasteiger partial charge in [-0.2, -0.15) is 0 Å². The number of aryl methyl sites for hydroxylation is 1. The molecule has 0 saturated carbocycles. The molecule has 2 atom stereocenters. The van der Waals surface area contributed by atoms with E-state index in [1.807, 2.05) is 18.2 Å². The van der Waals surface area contributed by atoms with Crippen LogP contribution < -0.4 is 0 Å². The summed E-state index contributed by atoms with van der Waals surface area (Å²) in [7, 11) is 0. The molecule has 4 nitrogen and oxygen atoms in total. The number of rotatable bonds is 7. The number of hydrogen-bond acceptors (Lipinski definition) is 4. The molecule has 1 aromatic rings. The van der Waals surface area contributed by atoms with E-state index in [2.05, 4.69) is 27.7 Å². The van der Waals surface area contributed by atoms with E-state index in [1.165, 1.54) is 6.07 Å². The molecule has 2 N–H and O–H groups in total. The predicted molar refractivity (Wildman–Crippen MR) is 131 cm³/mol. The summed E-state index contributed by atoms with van der Waals surface area (Å²) in [5.41, 5.74) is 3.18. The van der Waals surface area contributed by atoms with E-state index >= 15 is 0 Å². The fourth-order valence-corrected chi connectivity index (χ4v) is 4.98. The summed E-state index contributed by atoms with van der Waals surface area (Å²) in [6, 6.07) is 5.22. The molecule has 2 unspecified atom stereocenters. The minimum atomic E-state index is -0.994. The molecule has 0 bridgehead atoms. The Kier molecular flexibility index (Phi) is 8.35. The summed E-state index contributed by atoms with van der Waals surface area (Å²) in [6.07, 6.45) is 3.42. The highest BCUT2D eigenvalue weighted by Gasteiger charge is 2.38. The first-order chi connectivity index (χ1) is 15.0. The third kappa shape index (κ3) is 8.08. The lowest BCUT2D eigenvalue weighted by Gasteiger charge is -2.43. The molecule has 0 saturated heterocycles. The van der Waals surface area contributed by atoms with Gasteiger partial charge in [-0.25, -0.2) is 4.39 Å². The lowest BCUT2D eigenvalue weighted by molar-refractivity contribution is -0.157. The van der Waals surface area contributed by atoms with Gasteiger partial charge in [-0.3, -0.25) is 4.79 Å². The van der Waals surface area contributed by atoms with Crippen molar-refractivity contribution in [2.75, 3.05) is 0 Å². The van der Waals surface area contributed by atoms with Crippen molar-refractivity contribution in [3.05, 3.63) is 52.9 Å². The summed E-state index contributed by atoms with van der Waals surface area (Å²) in [5.74, 6) is -0.710. The maximum atomic E-state index is 13.9. The molecule has 1 aliphatic rings. The molecular formula is C28H41FO4. The molecule has 0 aliphatic heterocycles. The summed E-state index contributed by atoms with van der Waals surface area (Å²) < 4.78 is 19.1. The topological polar surface area (TPSA) is 66.8 Å². The second-order valence-corrected chi connectivity index (χ2v) is 11.9. The summed E-state index contributed by atoms with van der Waals surface area (Å²) >= 11 is 0. The van der Waals surface area contributed by atoms with E-state index in [4.69, 9.17) is 4.74 Å². The first-order valence-electron chi connectivity index (χ1n) is 11.8. The monoisotopic (exact) mass is 460 g/mol. The fourth-order valence-electron chi connectivity index (χ4n) is 4.98. The first-order valence-corrected chi connectivity index (χ1v) is 11.8. The number of esters is 1. The number of ether oxygens (including phenoxy) is 1. The van der Waals surface area contributed by atoms with Gasteiger partial charge in [-0.1, -0.05) is 45.9 Å². The van der Waals surface area contributed by atoms with Gasteiger partial charge in [0.2, 0.25) is 0 Å². The number of aliphatic hydroxyl groups excluding tert-OH is 2. The van der Waals surface area contributed by atoms with Gasteiger partial charge >= 0.3 is 5.97 Å². The van der Waals surface area contributed by atoms with Crippen molar-refractivity contribution in [3.63, 3.8) is 0 Å². The zero-order valence-corrected chi connectivity index (χ0v) is 21.5. The lowest BCUT2D eigenvalue weighted by atomic mass is 9.61. The Labute approximate surface area is 198 Å². The Bertz CT molecular complexity index is 918. The molecule has 33 heavy (non-hydrogen) atoms. The molecule has 184 valence electrons. The molecule has 1 aromatic carbocycles. The van der Waals surface area contributed by atoms with Gasteiger partial charge in [0.1, 0.15) is 11.4 Å². The number of hydrogen-bond donors (Lipinski definition) is 2. The van der Waals surface area contributed by atoms with Crippen molar-refractivity contribution < 1.29 is 24.1 Å². The van der Waals surface area contributed by atoms with Crippen LogP contribution in [0.2, 0.25) is 0 Å². The van der Waals surface area contributed by atoms with E-state index in [1.54, 1.807) is 33.8 Å². The smallest absolute Gasteiger partial charge is 0.308 e. The Balaban J connectivity index is 2.26. The molecule has 1 aliphatic carbocycles. The average molecular weight is 461 g/mol. The van der Waals surface area contributed by atoms with E-state index in [0.29, 0.717) is 5.56 Å². The highest BCUT2D eigenvalue weighted by molar-refractivity contribution is 5.74. The Morgan fingerprint density at radius 3 is 2.42 bits per heavy atom. The van der Waals surface area contributed by atoms with Crippen LogP contribution in [0.1, 0.15) is 85.3 Å². The van der Waals surface area contributed by atoms with Crippen molar-refractivity contribution in [2.45, 2.75) is 98.9 Å². The van der Waals surface area contributed by atoms with Gasteiger partial charge in [0.05, 0.1) is 18.6 Å². The Morgan fingerprint density at radius 1 is 1.21 bits per heavy atom. The predicted octanol–water partition coefficient (Wildman–Crippen LogP) is 6.13. The van der Waals surface area contributed by atoms with Crippen LogP contribution in [0.25, 0.3) is 5.57 Å². The number of aliphatic hydroxyl groups is 2. The van der Waals surface area contributed by atoms with Crippen LogP contribution in [0, 0.1) is 23.6 Å². The minimum absolute atomic E-state index is 0.0416. The molecule has 2 rings (SSSR count). The lowest BCUT2D eigenvalue weighted by Crippen LogP contribution is -2.31. The molecule has 0 amide bonds. The number of carbonyl (C=O) groups is 1. The van der Waals surface area contributed by atoms with Gasteiger partial charge in [-0.05, 0) is 85.8 Å². The van der Waals surface area contributed by atoms with Crippen molar-refractivity contribution >= 4 is 11.5 Å². The number of carbonyl (C=O) groups excluding carboxylic acids is 1. The number of benzene rings is 1. The average Bonchev–Trinajstić information content (AvgIpc) is 2.59. The third-order valence-corrected chi connectivity index (χ3v) is 5.96. The van der Waals surface area contributed by atoms with Crippen LogP contribution >= 0.6 is 0 Å². The molecule has 0 radical (unpaired) electrons. The fraction of sp³-hybridized carbons (Fsp3) is 0.607. The van der Waals surface area contributed by atoms with Crippen LogP contribution in [-0.2, 0) is 9.53 Å². The normalized spacial score (nSPS) is 20.1. The molecule has 0 spiro atoms. The molecule has 0 aromatic heterocycles. The SMILES string of the molecule is Cc1cc(C2=C(C=CC(O)CC(O)CC(=O)OC(C)(C)C)C(C)(C)CC(C)(C)C2)ccc1F. The third-order valence-electron chi connectivity index (χ3n) is 5.96. The van der Waals surface area contributed by atoms with E-state index in [0.717, 1.165) is 29.6 Å². The van der Waals surface area contributed by atoms with Crippen LogP contribution in [0.3, 0.4) is 0 Å². The summed E-state index contributed by atoms with van der Waals surface area (Å²) in [4.78, 5) is 11.9. The second kappa shape index (κ2) is 10.1. The Hall–Kier alpha value is -1.98. The standard InChI is InChI=1S/C28H41FO4/c1-18-13-19(9-12-24(18)29)22-16-27(5,6)17-28(7,8)23(22)11-10-20(30)14-21(31)15-25(32)33-26(2,3)4/h9-13,20-21,30-31H,14-17H2,1-8H3. The van der Waals surface area contributed by atoms with Crippen molar-refractivity contribution in [1.29, 1.82) is 0 Å². The number of halogens is 1. The zero-order valence-electron chi connectivity index (χ0n) is 21.5. The molecular weight excluding hydrogens is 419 g/mol. The van der Waals surface area contributed by atoms with E-state index in [9.17, 15) is 19.4 Å². The van der Waals surface area contributed by atoms with Gasteiger partial charge in [0, 0.05) is 6.42 Å². The minimum Gasteiger partial charge on any atom is -0.460 e. The number of allylic oxidation sites excluding steroid dienone is 3. The van der Waals surface area contributed by atoms with Gasteiger partial charge in [0.15, 0.2) is 0 Å². The van der Waals surface area contributed by atoms with E-state index in [-0.39, 0.29) is 29.5 Å². The maximum absolute atomic E-state index is 13.9. The van der Waals surface area contributed by atoms with Crippen molar-refractivity contribution in [2.24, 2.45) is 10.8 Å². The summed E-state index contributed by atoms with van der Waals surface area (Å²) in [5, 5.41) is 20.8. The van der Waals surface area contributed by atoms with Crippen molar-refractivity contribution in [1.82, 2.24) is 0 Å².